The van der Waals surface area contributed by atoms with Crippen LogP contribution in [0.15, 0.2) is 29.6 Å². The molecule has 0 aliphatic heterocycles. The average Bonchev–Trinajstić information content (AvgIpc) is 3.02. The number of hydrogen-bond donors (Lipinski definition) is 1. The Balaban J connectivity index is 2.12. The maximum Gasteiger partial charge on any atom is 0.115 e. The third kappa shape index (κ3) is 2.37. The largest absolute Gasteiger partial charge is 0.329 e. The number of imidazole rings is 1. The molecule has 0 saturated heterocycles. The maximum absolute atomic E-state index is 5.77. The van der Waals surface area contributed by atoms with Crippen LogP contribution in [0.25, 0.3) is 11.0 Å². The molecule has 104 valence electrons. The van der Waals surface area contributed by atoms with Crippen LogP contribution in [0.3, 0.4) is 0 Å². The summed E-state index contributed by atoms with van der Waals surface area (Å²) >= 11 is 1.78. The Hall–Kier alpha value is -1.65. The van der Waals surface area contributed by atoms with Crippen LogP contribution in [-0.4, -0.2) is 16.1 Å². The number of rotatable bonds is 4. The SMILES string of the molecule is Cc1cc2nc(Cc3cccs3)n(CCN)c2cc1C. The molecule has 0 spiro atoms. The van der Waals surface area contributed by atoms with E-state index < -0.39 is 0 Å². The normalized spacial score (nSPS) is 11.3. The summed E-state index contributed by atoms with van der Waals surface area (Å²) in [6.45, 7) is 5.73. The molecule has 3 rings (SSSR count). The standard InChI is InChI=1S/C16H19N3S/c1-11-8-14-15(9-12(11)2)19(6-5-17)16(18-14)10-13-4-3-7-20-13/h3-4,7-9H,5-6,10,17H2,1-2H3. The lowest BCUT2D eigenvalue weighted by molar-refractivity contribution is 0.691. The van der Waals surface area contributed by atoms with Gasteiger partial charge < -0.3 is 10.3 Å². The van der Waals surface area contributed by atoms with Gasteiger partial charge >= 0.3 is 0 Å². The van der Waals surface area contributed by atoms with Crippen molar-refractivity contribution >= 4 is 22.4 Å². The first-order chi connectivity index (χ1) is 9.69. The molecule has 2 N–H and O–H groups in total. The van der Waals surface area contributed by atoms with E-state index in [1.54, 1.807) is 11.3 Å². The van der Waals surface area contributed by atoms with Gasteiger partial charge in [-0.15, -0.1) is 11.3 Å². The minimum absolute atomic E-state index is 0.635. The molecule has 2 aromatic heterocycles. The van der Waals surface area contributed by atoms with Crippen molar-refractivity contribution in [1.29, 1.82) is 0 Å². The molecule has 0 amide bonds. The zero-order valence-electron chi connectivity index (χ0n) is 11.9. The molecular weight excluding hydrogens is 266 g/mol. The van der Waals surface area contributed by atoms with Gasteiger partial charge in [0.05, 0.1) is 11.0 Å². The van der Waals surface area contributed by atoms with E-state index >= 15 is 0 Å². The highest BCUT2D eigenvalue weighted by molar-refractivity contribution is 7.09. The fourth-order valence-electron chi connectivity index (χ4n) is 2.51. The van der Waals surface area contributed by atoms with Gasteiger partial charge in [0, 0.05) is 24.4 Å². The van der Waals surface area contributed by atoms with Crippen LogP contribution in [0, 0.1) is 13.8 Å². The first-order valence-corrected chi connectivity index (χ1v) is 7.76. The summed E-state index contributed by atoms with van der Waals surface area (Å²) in [6, 6.07) is 8.65. The number of fused-ring (bicyclic) bond motifs is 1. The number of benzene rings is 1. The lowest BCUT2D eigenvalue weighted by Crippen LogP contribution is -2.12. The van der Waals surface area contributed by atoms with Gasteiger partial charge in [0.2, 0.25) is 0 Å². The van der Waals surface area contributed by atoms with Crippen molar-refractivity contribution in [1.82, 2.24) is 9.55 Å². The van der Waals surface area contributed by atoms with Gasteiger partial charge in [-0.05, 0) is 48.6 Å². The van der Waals surface area contributed by atoms with E-state index in [1.165, 1.54) is 21.5 Å². The Kier molecular flexibility index (Phi) is 3.59. The Morgan fingerprint density at radius 3 is 2.75 bits per heavy atom. The summed E-state index contributed by atoms with van der Waals surface area (Å²) < 4.78 is 2.27. The predicted molar refractivity (Wildman–Crippen MR) is 85.4 cm³/mol. The molecule has 0 radical (unpaired) electrons. The van der Waals surface area contributed by atoms with Crippen molar-refractivity contribution < 1.29 is 0 Å². The second-order valence-electron chi connectivity index (χ2n) is 5.15. The molecular formula is C16H19N3S. The van der Waals surface area contributed by atoms with E-state index in [-0.39, 0.29) is 0 Å². The molecule has 0 saturated carbocycles. The smallest absolute Gasteiger partial charge is 0.115 e. The van der Waals surface area contributed by atoms with Gasteiger partial charge in [0.15, 0.2) is 0 Å². The van der Waals surface area contributed by atoms with Crippen molar-refractivity contribution in [2.75, 3.05) is 6.54 Å². The van der Waals surface area contributed by atoms with Gasteiger partial charge in [-0.2, -0.15) is 0 Å². The number of nitrogens with zero attached hydrogens (tertiary/aromatic N) is 2. The molecule has 0 bridgehead atoms. The average molecular weight is 285 g/mol. The van der Waals surface area contributed by atoms with Crippen molar-refractivity contribution in [3.8, 4) is 0 Å². The van der Waals surface area contributed by atoms with E-state index in [0.717, 1.165) is 24.3 Å². The molecule has 0 fully saturated rings. The third-order valence-corrected chi connectivity index (χ3v) is 4.58. The minimum Gasteiger partial charge on any atom is -0.329 e. The number of thiophene rings is 1. The molecule has 3 nitrogen and oxygen atoms in total. The summed E-state index contributed by atoms with van der Waals surface area (Å²) in [5.41, 5.74) is 10.6. The van der Waals surface area contributed by atoms with Crippen molar-refractivity contribution in [2.45, 2.75) is 26.8 Å². The number of aryl methyl sites for hydroxylation is 2. The molecule has 4 heteroatoms. The summed E-state index contributed by atoms with van der Waals surface area (Å²) in [4.78, 5) is 6.16. The lowest BCUT2D eigenvalue weighted by atomic mass is 10.1. The molecule has 0 atom stereocenters. The van der Waals surface area contributed by atoms with Gasteiger partial charge in [0.25, 0.3) is 0 Å². The molecule has 1 aromatic carbocycles. The number of aromatic nitrogens is 2. The zero-order valence-corrected chi connectivity index (χ0v) is 12.7. The minimum atomic E-state index is 0.635. The highest BCUT2D eigenvalue weighted by atomic mass is 32.1. The second kappa shape index (κ2) is 5.38. The summed E-state index contributed by atoms with van der Waals surface area (Å²) in [7, 11) is 0. The fraction of sp³-hybridized carbons (Fsp3) is 0.312. The zero-order chi connectivity index (χ0) is 14.1. The molecule has 0 aliphatic rings. The van der Waals surface area contributed by atoms with Crippen LogP contribution >= 0.6 is 11.3 Å². The van der Waals surface area contributed by atoms with Crippen LogP contribution in [0.5, 0.6) is 0 Å². The predicted octanol–water partition coefficient (Wildman–Crippen LogP) is 3.26. The van der Waals surface area contributed by atoms with Crippen molar-refractivity contribution in [3.63, 3.8) is 0 Å². The van der Waals surface area contributed by atoms with E-state index in [2.05, 4.69) is 48.1 Å². The lowest BCUT2D eigenvalue weighted by Gasteiger charge is -2.08. The Labute approximate surface area is 123 Å². The first kappa shape index (κ1) is 13.3. The molecule has 0 aliphatic carbocycles. The highest BCUT2D eigenvalue weighted by Crippen LogP contribution is 2.23. The Morgan fingerprint density at radius 2 is 2.05 bits per heavy atom. The molecule has 3 aromatic rings. The summed E-state index contributed by atoms with van der Waals surface area (Å²) in [5, 5.41) is 2.11. The van der Waals surface area contributed by atoms with Crippen molar-refractivity contribution in [2.24, 2.45) is 5.73 Å². The molecule has 0 unspecified atom stereocenters. The Bertz CT molecular complexity index is 726. The van der Waals surface area contributed by atoms with Crippen LogP contribution < -0.4 is 5.73 Å². The molecule has 2 heterocycles. The van der Waals surface area contributed by atoms with E-state index in [4.69, 9.17) is 10.7 Å². The van der Waals surface area contributed by atoms with Crippen LogP contribution in [0.1, 0.15) is 21.8 Å². The van der Waals surface area contributed by atoms with Crippen LogP contribution in [0.4, 0.5) is 0 Å². The van der Waals surface area contributed by atoms with Gasteiger partial charge in [-0.3, -0.25) is 0 Å². The number of hydrogen-bond acceptors (Lipinski definition) is 3. The highest BCUT2D eigenvalue weighted by Gasteiger charge is 2.12. The summed E-state index contributed by atoms with van der Waals surface area (Å²) in [5.74, 6) is 1.11. The van der Waals surface area contributed by atoms with Crippen LogP contribution in [0.2, 0.25) is 0 Å². The molecule has 20 heavy (non-hydrogen) atoms. The van der Waals surface area contributed by atoms with Gasteiger partial charge in [-0.25, -0.2) is 4.98 Å². The maximum atomic E-state index is 5.77. The number of nitrogens with two attached hydrogens (primary N) is 1. The quantitative estimate of drug-likeness (QED) is 0.799. The first-order valence-electron chi connectivity index (χ1n) is 6.88. The van der Waals surface area contributed by atoms with Crippen molar-refractivity contribution in [3.05, 3.63) is 51.5 Å². The Morgan fingerprint density at radius 1 is 1.25 bits per heavy atom. The summed E-state index contributed by atoms with van der Waals surface area (Å²) in [6.07, 6.45) is 0.879. The topological polar surface area (TPSA) is 43.8 Å². The van der Waals surface area contributed by atoms with Crippen LogP contribution in [-0.2, 0) is 13.0 Å². The fourth-order valence-corrected chi connectivity index (χ4v) is 3.21. The van der Waals surface area contributed by atoms with E-state index in [9.17, 15) is 0 Å². The van der Waals surface area contributed by atoms with Gasteiger partial charge in [0.1, 0.15) is 5.82 Å². The van der Waals surface area contributed by atoms with E-state index in [1.807, 2.05) is 0 Å². The monoisotopic (exact) mass is 285 g/mol. The van der Waals surface area contributed by atoms with Gasteiger partial charge in [-0.1, -0.05) is 6.07 Å². The van der Waals surface area contributed by atoms with E-state index in [0.29, 0.717) is 6.54 Å². The third-order valence-electron chi connectivity index (χ3n) is 3.71. The second-order valence-corrected chi connectivity index (χ2v) is 6.18.